The molecule has 1 aromatic carbocycles. The molecule has 0 bridgehead atoms. The first-order valence-corrected chi connectivity index (χ1v) is 7.98. The largest absolute Gasteiger partial charge is 0.493 e. The van der Waals surface area contributed by atoms with E-state index in [1.54, 1.807) is 0 Å². The number of benzene rings is 1. The number of nitrogens with zero attached hydrogens (tertiary/aromatic N) is 1. The van der Waals surface area contributed by atoms with E-state index in [1.807, 2.05) is 0 Å². The van der Waals surface area contributed by atoms with Crippen LogP contribution in [0.3, 0.4) is 0 Å². The SMILES string of the molecule is CC1(NCC(=O)O)CCN(CCc2ccc3c(c2)CCO3)C1.Cl. The molecule has 1 fully saturated rings. The number of hydrogen-bond donors (Lipinski definition) is 2. The van der Waals surface area contributed by atoms with Gasteiger partial charge in [0.2, 0.25) is 0 Å². The number of carboxylic acid groups (broad SMARTS) is 1. The number of likely N-dealkylation sites (tertiary alicyclic amines) is 1. The van der Waals surface area contributed by atoms with Gasteiger partial charge in [-0.05, 0) is 37.0 Å². The van der Waals surface area contributed by atoms with Gasteiger partial charge in [0.25, 0.3) is 0 Å². The molecule has 2 aliphatic rings. The summed E-state index contributed by atoms with van der Waals surface area (Å²) in [6.45, 7) is 5.91. The number of halogens is 1. The van der Waals surface area contributed by atoms with Crippen molar-refractivity contribution in [2.75, 3.05) is 32.8 Å². The molecule has 3 rings (SSSR count). The second-order valence-corrected chi connectivity index (χ2v) is 6.62. The molecule has 6 heteroatoms. The number of aliphatic carboxylic acids is 1. The molecule has 0 saturated carbocycles. The fourth-order valence-corrected chi connectivity index (χ4v) is 3.36. The van der Waals surface area contributed by atoms with Gasteiger partial charge in [-0.1, -0.05) is 12.1 Å². The fourth-order valence-electron chi connectivity index (χ4n) is 3.36. The predicted molar refractivity (Wildman–Crippen MR) is 91.7 cm³/mol. The summed E-state index contributed by atoms with van der Waals surface area (Å²) in [5.74, 6) is 0.246. The minimum Gasteiger partial charge on any atom is -0.493 e. The van der Waals surface area contributed by atoms with E-state index < -0.39 is 5.97 Å². The van der Waals surface area contributed by atoms with Gasteiger partial charge in [0, 0.05) is 31.6 Å². The van der Waals surface area contributed by atoms with Crippen LogP contribution < -0.4 is 10.1 Å². The van der Waals surface area contributed by atoms with Gasteiger partial charge in [0.05, 0.1) is 13.2 Å². The predicted octanol–water partition coefficient (Wildman–Crippen LogP) is 1.72. The van der Waals surface area contributed by atoms with Gasteiger partial charge < -0.3 is 20.1 Å². The van der Waals surface area contributed by atoms with Crippen LogP contribution in [-0.2, 0) is 17.6 Å². The van der Waals surface area contributed by atoms with Crippen molar-refractivity contribution in [2.45, 2.75) is 31.7 Å². The van der Waals surface area contributed by atoms with Crippen LogP contribution in [0.4, 0.5) is 0 Å². The van der Waals surface area contributed by atoms with Crippen LogP contribution in [0, 0.1) is 0 Å². The summed E-state index contributed by atoms with van der Waals surface area (Å²) < 4.78 is 5.54. The molecule has 1 aromatic rings. The molecule has 5 nitrogen and oxygen atoms in total. The van der Waals surface area contributed by atoms with Crippen LogP contribution in [0.5, 0.6) is 5.75 Å². The van der Waals surface area contributed by atoms with Crippen LogP contribution in [0.15, 0.2) is 18.2 Å². The Kier molecular flexibility index (Phi) is 5.89. The third-order valence-corrected chi connectivity index (χ3v) is 4.69. The number of hydrogen-bond acceptors (Lipinski definition) is 4. The van der Waals surface area contributed by atoms with Crippen molar-refractivity contribution in [3.63, 3.8) is 0 Å². The van der Waals surface area contributed by atoms with Gasteiger partial charge in [-0.2, -0.15) is 0 Å². The van der Waals surface area contributed by atoms with E-state index in [2.05, 4.69) is 35.3 Å². The Morgan fingerprint density at radius 3 is 3.09 bits per heavy atom. The fraction of sp³-hybridized carbons (Fsp3) is 0.588. The van der Waals surface area contributed by atoms with Crippen molar-refractivity contribution in [1.29, 1.82) is 0 Å². The van der Waals surface area contributed by atoms with Crippen molar-refractivity contribution in [2.24, 2.45) is 0 Å². The molecular formula is C17H25ClN2O3. The van der Waals surface area contributed by atoms with E-state index in [9.17, 15) is 4.79 Å². The number of fused-ring (bicyclic) bond motifs is 1. The smallest absolute Gasteiger partial charge is 0.317 e. The molecule has 0 aromatic heterocycles. The number of carboxylic acids is 1. The van der Waals surface area contributed by atoms with Crippen molar-refractivity contribution in [3.05, 3.63) is 29.3 Å². The van der Waals surface area contributed by atoms with E-state index in [0.29, 0.717) is 0 Å². The average molecular weight is 341 g/mol. The van der Waals surface area contributed by atoms with E-state index in [-0.39, 0.29) is 24.5 Å². The van der Waals surface area contributed by atoms with Crippen LogP contribution in [-0.4, -0.2) is 54.3 Å². The maximum absolute atomic E-state index is 10.7. The van der Waals surface area contributed by atoms with Crippen LogP contribution in [0.1, 0.15) is 24.5 Å². The molecule has 23 heavy (non-hydrogen) atoms. The third kappa shape index (κ3) is 4.59. The number of carbonyl (C=O) groups is 1. The number of rotatable bonds is 6. The van der Waals surface area contributed by atoms with E-state index >= 15 is 0 Å². The van der Waals surface area contributed by atoms with E-state index in [1.165, 1.54) is 11.1 Å². The Morgan fingerprint density at radius 2 is 2.30 bits per heavy atom. The third-order valence-electron chi connectivity index (χ3n) is 4.69. The summed E-state index contributed by atoms with van der Waals surface area (Å²) in [5.41, 5.74) is 2.60. The molecule has 0 spiro atoms. The summed E-state index contributed by atoms with van der Waals surface area (Å²) in [4.78, 5) is 13.1. The lowest BCUT2D eigenvalue weighted by molar-refractivity contribution is -0.136. The van der Waals surface area contributed by atoms with Crippen LogP contribution in [0.2, 0.25) is 0 Å². The Balaban J connectivity index is 0.00000192. The highest BCUT2D eigenvalue weighted by molar-refractivity contribution is 5.85. The minimum atomic E-state index is -0.792. The standard InChI is InChI=1S/C17H24N2O3.ClH/c1-17(18-11-16(20)21)6-8-19(12-17)7-4-13-2-3-15-14(10-13)5-9-22-15;/h2-3,10,18H,4-9,11-12H2,1H3,(H,20,21);1H. The highest BCUT2D eigenvalue weighted by atomic mass is 35.5. The number of ether oxygens (including phenoxy) is 1. The highest BCUT2D eigenvalue weighted by Crippen LogP contribution is 2.26. The Bertz CT molecular complexity index is 567. The van der Waals surface area contributed by atoms with E-state index in [0.717, 1.165) is 51.3 Å². The molecule has 1 unspecified atom stereocenters. The van der Waals surface area contributed by atoms with Gasteiger partial charge in [-0.3, -0.25) is 4.79 Å². The zero-order chi connectivity index (χ0) is 15.6. The lowest BCUT2D eigenvalue weighted by Gasteiger charge is -2.25. The molecule has 0 radical (unpaired) electrons. The summed E-state index contributed by atoms with van der Waals surface area (Å²) in [5, 5.41) is 12.0. The van der Waals surface area contributed by atoms with Crippen LogP contribution in [0.25, 0.3) is 0 Å². The Labute approximate surface area is 143 Å². The van der Waals surface area contributed by atoms with Crippen molar-refractivity contribution >= 4 is 18.4 Å². The Hall–Kier alpha value is -1.30. The van der Waals surface area contributed by atoms with Crippen LogP contribution >= 0.6 is 12.4 Å². The summed E-state index contributed by atoms with van der Waals surface area (Å²) in [7, 11) is 0. The minimum absolute atomic E-state index is 0. The molecule has 1 atom stereocenters. The Morgan fingerprint density at radius 1 is 1.48 bits per heavy atom. The van der Waals surface area contributed by atoms with Gasteiger partial charge in [-0.25, -0.2) is 0 Å². The number of nitrogens with one attached hydrogen (secondary N) is 1. The molecule has 2 heterocycles. The molecular weight excluding hydrogens is 316 g/mol. The first kappa shape index (κ1) is 18.0. The zero-order valence-electron chi connectivity index (χ0n) is 13.5. The first-order chi connectivity index (χ1) is 10.5. The van der Waals surface area contributed by atoms with Gasteiger partial charge in [0.1, 0.15) is 5.75 Å². The maximum atomic E-state index is 10.7. The second-order valence-electron chi connectivity index (χ2n) is 6.62. The summed E-state index contributed by atoms with van der Waals surface area (Å²) in [6.07, 6.45) is 3.05. The molecule has 128 valence electrons. The maximum Gasteiger partial charge on any atom is 0.317 e. The lowest BCUT2D eigenvalue weighted by atomic mass is 10.0. The second kappa shape index (κ2) is 7.51. The van der Waals surface area contributed by atoms with Gasteiger partial charge >= 0.3 is 5.97 Å². The monoisotopic (exact) mass is 340 g/mol. The topological polar surface area (TPSA) is 61.8 Å². The van der Waals surface area contributed by atoms with Crippen molar-refractivity contribution in [1.82, 2.24) is 10.2 Å². The molecule has 2 aliphatic heterocycles. The molecule has 2 N–H and O–H groups in total. The normalized spacial score (nSPS) is 23.2. The molecule has 1 saturated heterocycles. The quantitative estimate of drug-likeness (QED) is 0.825. The molecule has 0 amide bonds. The molecule has 0 aliphatic carbocycles. The first-order valence-electron chi connectivity index (χ1n) is 7.98. The lowest BCUT2D eigenvalue weighted by Crippen LogP contribution is -2.47. The van der Waals surface area contributed by atoms with Crippen molar-refractivity contribution < 1.29 is 14.6 Å². The van der Waals surface area contributed by atoms with E-state index in [4.69, 9.17) is 9.84 Å². The summed E-state index contributed by atoms with van der Waals surface area (Å²) in [6, 6.07) is 6.50. The van der Waals surface area contributed by atoms with Gasteiger partial charge in [-0.15, -0.1) is 12.4 Å². The zero-order valence-corrected chi connectivity index (χ0v) is 14.3. The summed E-state index contributed by atoms with van der Waals surface area (Å²) >= 11 is 0. The highest BCUT2D eigenvalue weighted by Gasteiger charge is 2.33. The van der Waals surface area contributed by atoms with Gasteiger partial charge in [0.15, 0.2) is 0 Å². The average Bonchev–Trinajstić information content (AvgIpc) is 3.09. The van der Waals surface area contributed by atoms with Crippen molar-refractivity contribution in [3.8, 4) is 5.75 Å².